The highest BCUT2D eigenvalue weighted by molar-refractivity contribution is 5.08. The van der Waals surface area contributed by atoms with Crippen LogP contribution < -0.4 is 0 Å². The Balaban J connectivity index is 2.71. The zero-order valence-electron chi connectivity index (χ0n) is 4.52. The minimum absolute atomic E-state index is 0.0764. The first-order valence-electron chi connectivity index (χ1n) is 2.41. The first-order valence-corrected chi connectivity index (χ1v) is 2.41. The maximum absolute atomic E-state index is 12.1. The molecule has 0 amide bonds. The summed E-state index contributed by atoms with van der Waals surface area (Å²) in [5.41, 5.74) is 0. The van der Waals surface area contributed by atoms with Crippen molar-refractivity contribution in [2.75, 3.05) is 6.61 Å². The molecule has 0 aromatic heterocycles. The average molecular weight is 118 g/mol. The predicted molar refractivity (Wildman–Crippen MR) is 26.2 cm³/mol. The third-order valence-corrected chi connectivity index (χ3v) is 1.12. The Morgan fingerprint density at radius 3 is 2.62 bits per heavy atom. The van der Waals surface area contributed by atoms with E-state index in [2.05, 4.69) is 4.74 Å². The minimum atomic E-state index is -0.544. The van der Waals surface area contributed by atoms with Crippen LogP contribution in [-0.4, -0.2) is 17.8 Å². The molecular weight excluding hydrogens is 111 g/mol. The van der Waals surface area contributed by atoms with Crippen LogP contribution in [0, 0.1) is 0 Å². The van der Waals surface area contributed by atoms with Crippen molar-refractivity contribution in [3.63, 3.8) is 0 Å². The second-order valence-electron chi connectivity index (χ2n) is 1.74. The van der Waals surface area contributed by atoms with Gasteiger partial charge in [0.1, 0.15) is 12.7 Å². The Labute approximate surface area is 46.6 Å². The molecule has 0 saturated carbocycles. The van der Waals surface area contributed by atoms with Crippen LogP contribution in [0.1, 0.15) is 6.92 Å². The SMILES string of the molecule is C[C@H]1OCC(F)=C1O. The molecular formula is C5H7FO2. The molecule has 1 atom stereocenters. The van der Waals surface area contributed by atoms with Crippen LogP contribution in [0.4, 0.5) is 4.39 Å². The van der Waals surface area contributed by atoms with E-state index >= 15 is 0 Å². The van der Waals surface area contributed by atoms with Crippen molar-refractivity contribution in [1.29, 1.82) is 0 Å². The van der Waals surface area contributed by atoms with Crippen LogP contribution >= 0.6 is 0 Å². The monoisotopic (exact) mass is 118 g/mol. The summed E-state index contributed by atoms with van der Waals surface area (Å²) in [5, 5.41) is 8.65. The van der Waals surface area contributed by atoms with E-state index in [0.29, 0.717) is 0 Å². The fraction of sp³-hybridized carbons (Fsp3) is 0.600. The summed E-state index contributed by atoms with van der Waals surface area (Å²) in [7, 11) is 0. The van der Waals surface area contributed by atoms with Gasteiger partial charge in [-0.15, -0.1) is 0 Å². The highest BCUT2D eigenvalue weighted by atomic mass is 19.1. The molecule has 0 bridgehead atoms. The van der Waals surface area contributed by atoms with Crippen LogP contribution in [0.15, 0.2) is 11.6 Å². The molecule has 0 unspecified atom stereocenters. The van der Waals surface area contributed by atoms with Crippen molar-refractivity contribution in [3.8, 4) is 0 Å². The predicted octanol–water partition coefficient (Wildman–Crippen LogP) is 1.14. The van der Waals surface area contributed by atoms with Gasteiger partial charge in [0.15, 0.2) is 11.6 Å². The van der Waals surface area contributed by atoms with E-state index in [4.69, 9.17) is 5.11 Å². The summed E-state index contributed by atoms with van der Waals surface area (Å²) in [6.07, 6.45) is -0.449. The number of ether oxygens (including phenoxy) is 1. The van der Waals surface area contributed by atoms with Crippen molar-refractivity contribution in [2.24, 2.45) is 0 Å². The van der Waals surface area contributed by atoms with Crippen LogP contribution in [0.3, 0.4) is 0 Å². The smallest absolute Gasteiger partial charge is 0.166 e. The quantitative estimate of drug-likeness (QED) is 0.517. The fourth-order valence-electron chi connectivity index (χ4n) is 0.572. The lowest BCUT2D eigenvalue weighted by atomic mass is 10.3. The standard InChI is InChI=1S/C5H7FO2/c1-3-5(7)4(6)2-8-3/h3,7H,2H2,1H3/t3-/m1/s1. The van der Waals surface area contributed by atoms with Crippen LogP contribution in [-0.2, 0) is 4.74 Å². The number of aliphatic hydroxyl groups is 1. The lowest BCUT2D eigenvalue weighted by Gasteiger charge is -1.98. The number of hydrogen-bond donors (Lipinski definition) is 1. The summed E-state index contributed by atoms with van der Waals surface area (Å²) >= 11 is 0. The van der Waals surface area contributed by atoms with E-state index in [1.807, 2.05) is 0 Å². The van der Waals surface area contributed by atoms with E-state index in [0.717, 1.165) is 0 Å². The second-order valence-corrected chi connectivity index (χ2v) is 1.74. The van der Waals surface area contributed by atoms with Gasteiger partial charge in [-0.25, -0.2) is 4.39 Å². The Morgan fingerprint density at radius 2 is 2.50 bits per heavy atom. The highest BCUT2D eigenvalue weighted by Gasteiger charge is 2.21. The van der Waals surface area contributed by atoms with Gasteiger partial charge in [-0.3, -0.25) is 0 Å². The lowest BCUT2D eigenvalue weighted by Crippen LogP contribution is -2.02. The largest absolute Gasteiger partial charge is 0.507 e. The molecule has 1 rings (SSSR count). The van der Waals surface area contributed by atoms with E-state index in [1.54, 1.807) is 6.92 Å². The summed E-state index contributed by atoms with van der Waals surface area (Å²) in [5.74, 6) is -0.803. The lowest BCUT2D eigenvalue weighted by molar-refractivity contribution is 0.106. The van der Waals surface area contributed by atoms with E-state index in [-0.39, 0.29) is 12.4 Å². The normalized spacial score (nSPS) is 29.5. The highest BCUT2D eigenvalue weighted by Crippen LogP contribution is 2.18. The first-order chi connectivity index (χ1) is 3.72. The molecule has 3 heteroatoms. The summed E-state index contributed by atoms with van der Waals surface area (Å²) < 4.78 is 16.8. The molecule has 1 aliphatic rings. The molecule has 0 radical (unpaired) electrons. The van der Waals surface area contributed by atoms with E-state index in [9.17, 15) is 4.39 Å². The van der Waals surface area contributed by atoms with Crippen LogP contribution in [0.25, 0.3) is 0 Å². The van der Waals surface area contributed by atoms with Gasteiger partial charge in [0.25, 0.3) is 0 Å². The molecule has 0 aromatic carbocycles. The maximum Gasteiger partial charge on any atom is 0.166 e. The van der Waals surface area contributed by atoms with Crippen LogP contribution in [0.5, 0.6) is 0 Å². The van der Waals surface area contributed by atoms with E-state index < -0.39 is 11.9 Å². The van der Waals surface area contributed by atoms with Crippen LogP contribution in [0.2, 0.25) is 0 Å². The fourth-order valence-corrected chi connectivity index (χ4v) is 0.572. The zero-order valence-corrected chi connectivity index (χ0v) is 4.52. The molecule has 1 N–H and O–H groups in total. The topological polar surface area (TPSA) is 29.5 Å². The van der Waals surface area contributed by atoms with Gasteiger partial charge in [-0.1, -0.05) is 0 Å². The Bertz CT molecular complexity index is 130. The maximum atomic E-state index is 12.1. The molecule has 8 heavy (non-hydrogen) atoms. The molecule has 1 aliphatic heterocycles. The molecule has 46 valence electrons. The second kappa shape index (κ2) is 1.74. The molecule has 0 spiro atoms. The van der Waals surface area contributed by atoms with Gasteiger partial charge >= 0.3 is 0 Å². The molecule has 0 aromatic rings. The molecule has 0 fully saturated rings. The molecule has 0 saturated heterocycles. The van der Waals surface area contributed by atoms with Gasteiger partial charge in [0, 0.05) is 0 Å². The van der Waals surface area contributed by atoms with Crippen molar-refractivity contribution in [3.05, 3.63) is 11.6 Å². The molecule has 1 heterocycles. The number of halogens is 1. The van der Waals surface area contributed by atoms with Gasteiger partial charge in [0.2, 0.25) is 0 Å². The van der Waals surface area contributed by atoms with E-state index in [1.165, 1.54) is 0 Å². The van der Waals surface area contributed by atoms with Gasteiger partial charge in [0.05, 0.1) is 0 Å². The summed E-state index contributed by atoms with van der Waals surface area (Å²) in [4.78, 5) is 0. The number of hydrogen-bond acceptors (Lipinski definition) is 2. The van der Waals surface area contributed by atoms with Crippen molar-refractivity contribution in [1.82, 2.24) is 0 Å². The first kappa shape index (κ1) is 5.56. The van der Waals surface area contributed by atoms with Crippen molar-refractivity contribution >= 4 is 0 Å². The molecule has 2 nitrogen and oxygen atoms in total. The summed E-state index contributed by atoms with van der Waals surface area (Å²) in [6.45, 7) is 1.52. The van der Waals surface area contributed by atoms with Crippen molar-refractivity contribution < 1.29 is 14.2 Å². The third kappa shape index (κ3) is 0.690. The Kier molecular flexibility index (Phi) is 1.21. The Morgan fingerprint density at radius 1 is 1.88 bits per heavy atom. The molecule has 0 aliphatic carbocycles. The zero-order chi connectivity index (χ0) is 6.15. The summed E-state index contributed by atoms with van der Waals surface area (Å²) in [6, 6.07) is 0. The number of rotatable bonds is 0. The van der Waals surface area contributed by atoms with Gasteiger partial charge < -0.3 is 9.84 Å². The third-order valence-electron chi connectivity index (χ3n) is 1.12. The van der Waals surface area contributed by atoms with Gasteiger partial charge in [-0.2, -0.15) is 0 Å². The average Bonchev–Trinajstić information content (AvgIpc) is 1.98. The Hall–Kier alpha value is -0.570. The van der Waals surface area contributed by atoms with Gasteiger partial charge in [-0.05, 0) is 6.92 Å². The minimum Gasteiger partial charge on any atom is -0.507 e. The van der Waals surface area contributed by atoms with Crippen molar-refractivity contribution in [2.45, 2.75) is 13.0 Å². The number of aliphatic hydroxyl groups excluding tert-OH is 1.